The summed E-state index contributed by atoms with van der Waals surface area (Å²) in [5, 5.41) is 3.36. The van der Waals surface area contributed by atoms with Gasteiger partial charge in [0.05, 0.1) is 10.4 Å². The Balaban J connectivity index is 2.32. The summed E-state index contributed by atoms with van der Waals surface area (Å²) in [6.07, 6.45) is 2.09. The van der Waals surface area contributed by atoms with Crippen molar-refractivity contribution in [2.45, 2.75) is 17.9 Å². The third-order valence-electron chi connectivity index (χ3n) is 2.90. The van der Waals surface area contributed by atoms with Crippen LogP contribution in [0.5, 0.6) is 0 Å². The summed E-state index contributed by atoms with van der Waals surface area (Å²) in [6.45, 7) is 2.05. The van der Waals surface area contributed by atoms with Crippen molar-refractivity contribution in [3.8, 4) is 0 Å². The smallest absolute Gasteiger partial charge is 0.0961 e. The van der Waals surface area contributed by atoms with Crippen molar-refractivity contribution >= 4 is 34.7 Å². The van der Waals surface area contributed by atoms with Crippen LogP contribution in [0.1, 0.15) is 22.0 Å². The Labute approximate surface area is 122 Å². The number of benzene rings is 1. The van der Waals surface area contributed by atoms with Crippen LogP contribution in [-0.2, 0) is 0 Å². The summed E-state index contributed by atoms with van der Waals surface area (Å²) in [4.78, 5) is 2.55. The van der Waals surface area contributed by atoms with E-state index in [4.69, 9.17) is 11.6 Å². The van der Waals surface area contributed by atoms with Crippen LogP contribution in [0.3, 0.4) is 0 Å². The SMILES string of the molecule is CNC(c1ccc(SC)cc1)c1cc(C)c(Cl)s1. The molecule has 1 heterocycles. The second-order valence-corrected chi connectivity index (χ2v) is 6.67. The number of halogens is 1. The van der Waals surface area contributed by atoms with Gasteiger partial charge in [0.15, 0.2) is 0 Å². The lowest BCUT2D eigenvalue weighted by Gasteiger charge is -2.15. The van der Waals surface area contributed by atoms with Gasteiger partial charge in [-0.1, -0.05) is 23.7 Å². The van der Waals surface area contributed by atoms with E-state index in [1.165, 1.54) is 15.3 Å². The van der Waals surface area contributed by atoms with Gasteiger partial charge in [0.25, 0.3) is 0 Å². The molecule has 0 fully saturated rings. The lowest BCUT2D eigenvalue weighted by Crippen LogP contribution is -2.16. The molecule has 1 nitrogen and oxygen atoms in total. The fraction of sp³-hybridized carbons (Fsp3) is 0.286. The molecule has 2 rings (SSSR count). The summed E-state index contributed by atoms with van der Waals surface area (Å²) in [7, 11) is 1.98. The fourth-order valence-corrected chi connectivity index (χ4v) is 3.66. The van der Waals surface area contributed by atoms with Gasteiger partial charge in [-0.05, 0) is 49.6 Å². The zero-order valence-electron chi connectivity index (χ0n) is 10.7. The normalized spacial score (nSPS) is 12.7. The third kappa shape index (κ3) is 2.91. The van der Waals surface area contributed by atoms with Gasteiger partial charge in [-0.15, -0.1) is 23.1 Å². The zero-order valence-corrected chi connectivity index (χ0v) is 13.0. The first kappa shape index (κ1) is 13.9. The number of thiophene rings is 1. The van der Waals surface area contributed by atoms with Crippen molar-refractivity contribution in [1.29, 1.82) is 0 Å². The van der Waals surface area contributed by atoms with Crippen LogP contribution in [0.2, 0.25) is 4.34 Å². The van der Waals surface area contributed by atoms with E-state index in [0.717, 1.165) is 9.90 Å². The van der Waals surface area contributed by atoms with Crippen LogP contribution >= 0.6 is 34.7 Å². The Morgan fingerprint density at radius 2 is 1.94 bits per heavy atom. The molecule has 0 radical (unpaired) electrons. The number of aryl methyl sites for hydroxylation is 1. The maximum atomic E-state index is 6.15. The molecule has 0 amide bonds. The van der Waals surface area contributed by atoms with Crippen LogP contribution in [0.15, 0.2) is 35.2 Å². The molecule has 2 aromatic rings. The molecule has 0 bridgehead atoms. The van der Waals surface area contributed by atoms with Crippen molar-refractivity contribution in [3.63, 3.8) is 0 Å². The summed E-state index contributed by atoms with van der Waals surface area (Å²) in [5.41, 5.74) is 2.42. The van der Waals surface area contributed by atoms with Crippen molar-refractivity contribution < 1.29 is 0 Å². The number of hydrogen-bond donors (Lipinski definition) is 1. The molecule has 0 aliphatic rings. The molecule has 18 heavy (non-hydrogen) atoms. The van der Waals surface area contributed by atoms with E-state index in [2.05, 4.69) is 41.9 Å². The van der Waals surface area contributed by atoms with Gasteiger partial charge in [0.2, 0.25) is 0 Å². The molecule has 0 saturated heterocycles. The molecule has 0 aliphatic carbocycles. The first-order chi connectivity index (χ1) is 8.65. The van der Waals surface area contributed by atoms with Gasteiger partial charge >= 0.3 is 0 Å². The molecule has 1 atom stereocenters. The molecule has 0 aliphatic heterocycles. The minimum absolute atomic E-state index is 0.220. The predicted molar refractivity (Wildman–Crippen MR) is 83.2 cm³/mol. The first-order valence-corrected chi connectivity index (χ1v) is 8.14. The fourth-order valence-electron chi connectivity index (χ4n) is 1.90. The Bertz CT molecular complexity index is 500. The number of rotatable bonds is 4. The summed E-state index contributed by atoms with van der Waals surface area (Å²) in [5.74, 6) is 0. The van der Waals surface area contributed by atoms with Crippen molar-refractivity contribution in [2.24, 2.45) is 0 Å². The predicted octanol–water partition coefficient (Wildman–Crippen LogP) is 4.74. The minimum Gasteiger partial charge on any atom is -0.309 e. The van der Waals surface area contributed by atoms with Gasteiger partial charge in [-0.3, -0.25) is 0 Å². The molecule has 1 N–H and O–H groups in total. The lowest BCUT2D eigenvalue weighted by molar-refractivity contribution is 0.703. The standard InChI is InChI=1S/C14H16ClNS2/c1-9-8-12(18-14(9)15)13(16-2)10-4-6-11(17-3)7-5-10/h4-8,13,16H,1-3H3. The third-order valence-corrected chi connectivity index (χ3v) is 5.26. The van der Waals surface area contributed by atoms with Crippen LogP contribution in [0, 0.1) is 6.92 Å². The van der Waals surface area contributed by atoms with E-state index in [0.29, 0.717) is 0 Å². The van der Waals surface area contributed by atoms with Gasteiger partial charge in [0.1, 0.15) is 0 Å². The zero-order chi connectivity index (χ0) is 13.1. The maximum Gasteiger partial charge on any atom is 0.0961 e. The number of nitrogens with one attached hydrogen (secondary N) is 1. The van der Waals surface area contributed by atoms with E-state index in [9.17, 15) is 0 Å². The van der Waals surface area contributed by atoms with Crippen molar-refractivity contribution in [1.82, 2.24) is 5.32 Å². The average molecular weight is 298 g/mol. The number of hydrogen-bond acceptors (Lipinski definition) is 3. The Morgan fingerprint density at radius 1 is 1.28 bits per heavy atom. The Hall–Kier alpha value is -0.480. The average Bonchev–Trinajstić information content (AvgIpc) is 2.71. The van der Waals surface area contributed by atoms with E-state index in [-0.39, 0.29) is 6.04 Å². The van der Waals surface area contributed by atoms with E-state index in [1.54, 1.807) is 23.1 Å². The highest BCUT2D eigenvalue weighted by atomic mass is 35.5. The Kier molecular flexibility index (Phi) is 4.73. The lowest BCUT2D eigenvalue weighted by atomic mass is 10.1. The largest absolute Gasteiger partial charge is 0.309 e. The second kappa shape index (κ2) is 6.11. The monoisotopic (exact) mass is 297 g/mol. The van der Waals surface area contributed by atoms with Gasteiger partial charge in [-0.2, -0.15) is 0 Å². The molecule has 4 heteroatoms. The summed E-state index contributed by atoms with van der Waals surface area (Å²) in [6, 6.07) is 11.1. The maximum absolute atomic E-state index is 6.15. The summed E-state index contributed by atoms with van der Waals surface area (Å²) < 4.78 is 0.881. The van der Waals surface area contributed by atoms with Crippen molar-refractivity contribution in [2.75, 3.05) is 13.3 Å². The first-order valence-electron chi connectivity index (χ1n) is 5.72. The highest BCUT2D eigenvalue weighted by Gasteiger charge is 2.15. The highest BCUT2D eigenvalue weighted by Crippen LogP contribution is 2.34. The second-order valence-electron chi connectivity index (χ2n) is 4.10. The molecule has 0 spiro atoms. The van der Waals surface area contributed by atoms with E-state index in [1.807, 2.05) is 14.0 Å². The van der Waals surface area contributed by atoms with Crippen LogP contribution in [0.25, 0.3) is 0 Å². The minimum atomic E-state index is 0.220. The van der Waals surface area contributed by atoms with E-state index < -0.39 is 0 Å². The topological polar surface area (TPSA) is 12.0 Å². The molecule has 1 aromatic heterocycles. The van der Waals surface area contributed by atoms with Crippen LogP contribution in [-0.4, -0.2) is 13.3 Å². The molecule has 1 aromatic carbocycles. The quantitative estimate of drug-likeness (QED) is 0.818. The van der Waals surface area contributed by atoms with Crippen LogP contribution < -0.4 is 5.32 Å². The highest BCUT2D eigenvalue weighted by molar-refractivity contribution is 7.98. The molecular formula is C14H16ClNS2. The van der Waals surface area contributed by atoms with Gasteiger partial charge in [0, 0.05) is 9.77 Å². The Morgan fingerprint density at radius 3 is 2.39 bits per heavy atom. The summed E-state index contributed by atoms with van der Waals surface area (Å²) >= 11 is 9.56. The molecule has 96 valence electrons. The molecule has 0 saturated carbocycles. The van der Waals surface area contributed by atoms with Crippen molar-refractivity contribution in [3.05, 3.63) is 50.7 Å². The van der Waals surface area contributed by atoms with Crippen LogP contribution in [0.4, 0.5) is 0 Å². The van der Waals surface area contributed by atoms with E-state index >= 15 is 0 Å². The van der Waals surface area contributed by atoms with Gasteiger partial charge < -0.3 is 5.32 Å². The number of thioether (sulfide) groups is 1. The van der Waals surface area contributed by atoms with Gasteiger partial charge in [-0.25, -0.2) is 0 Å². The molecular weight excluding hydrogens is 282 g/mol. The molecule has 1 unspecified atom stereocenters.